The predicted molar refractivity (Wildman–Crippen MR) is 92.7 cm³/mol. The molecule has 0 radical (unpaired) electrons. The smallest absolute Gasteiger partial charge is 0.0971 e. The van der Waals surface area contributed by atoms with Crippen molar-refractivity contribution in [3.05, 3.63) is 12.2 Å². The molecule has 0 saturated heterocycles. The number of unbranched alkanes of at least 4 members (excludes halogenated alkanes) is 8. The Morgan fingerprint density at radius 3 is 2.00 bits per heavy atom. The number of hydrogen-bond donors (Lipinski definition) is 4. The fraction of sp³-hybridized carbons (Fsp3) is 0.889. The van der Waals surface area contributed by atoms with Crippen LogP contribution in [0.4, 0.5) is 0 Å². The maximum atomic E-state index is 9.72. The minimum Gasteiger partial charge on any atom is -0.395 e. The average molecular weight is 315 g/mol. The van der Waals surface area contributed by atoms with Crippen molar-refractivity contribution in [2.75, 3.05) is 6.61 Å². The van der Waals surface area contributed by atoms with E-state index in [0.717, 1.165) is 19.3 Å². The van der Waals surface area contributed by atoms with Crippen LogP contribution in [-0.4, -0.2) is 40.2 Å². The molecule has 3 atom stereocenters. The second-order valence-corrected chi connectivity index (χ2v) is 6.22. The third kappa shape index (κ3) is 12.2. The van der Waals surface area contributed by atoms with E-state index in [1.807, 2.05) is 0 Å². The molecule has 0 aliphatic heterocycles. The van der Waals surface area contributed by atoms with Crippen LogP contribution >= 0.6 is 0 Å². The molecule has 0 aliphatic carbocycles. The van der Waals surface area contributed by atoms with Gasteiger partial charge in [-0.05, 0) is 32.1 Å². The van der Waals surface area contributed by atoms with Crippen molar-refractivity contribution in [2.45, 2.75) is 95.8 Å². The van der Waals surface area contributed by atoms with E-state index in [1.54, 1.807) is 0 Å². The Kier molecular flexibility index (Phi) is 15.2. The minimum absolute atomic E-state index is 0.309. The van der Waals surface area contributed by atoms with Gasteiger partial charge < -0.3 is 21.1 Å². The number of nitrogens with two attached hydrogens (primary N) is 1. The monoisotopic (exact) mass is 315 g/mol. The van der Waals surface area contributed by atoms with Gasteiger partial charge in [0.2, 0.25) is 0 Å². The first-order valence-electron chi connectivity index (χ1n) is 9.01. The summed E-state index contributed by atoms with van der Waals surface area (Å²) in [5.41, 5.74) is 5.48. The van der Waals surface area contributed by atoms with Gasteiger partial charge in [-0.25, -0.2) is 0 Å². The molecule has 4 heteroatoms. The van der Waals surface area contributed by atoms with Crippen molar-refractivity contribution >= 4 is 0 Å². The molecule has 0 aliphatic rings. The molecule has 22 heavy (non-hydrogen) atoms. The van der Waals surface area contributed by atoms with Crippen LogP contribution in [0.1, 0.15) is 77.6 Å². The number of aliphatic hydroxyl groups is 3. The topological polar surface area (TPSA) is 86.7 Å². The van der Waals surface area contributed by atoms with E-state index >= 15 is 0 Å². The van der Waals surface area contributed by atoms with Crippen molar-refractivity contribution in [3.8, 4) is 0 Å². The normalized spacial score (nSPS) is 16.0. The van der Waals surface area contributed by atoms with E-state index in [0.29, 0.717) is 6.42 Å². The molecule has 0 heterocycles. The molecule has 0 amide bonds. The summed E-state index contributed by atoms with van der Waals surface area (Å²) >= 11 is 0. The highest BCUT2D eigenvalue weighted by molar-refractivity contribution is 4.83. The summed E-state index contributed by atoms with van der Waals surface area (Å²) in [4.78, 5) is 0. The Hall–Kier alpha value is -0.420. The summed E-state index contributed by atoms with van der Waals surface area (Å²) in [6.07, 6.45) is 15.2. The molecule has 0 aromatic carbocycles. The lowest BCUT2D eigenvalue weighted by Gasteiger charge is -2.21. The maximum absolute atomic E-state index is 9.72. The van der Waals surface area contributed by atoms with Crippen LogP contribution in [0.15, 0.2) is 12.2 Å². The van der Waals surface area contributed by atoms with Crippen LogP contribution < -0.4 is 5.73 Å². The van der Waals surface area contributed by atoms with Crippen molar-refractivity contribution in [2.24, 2.45) is 5.73 Å². The van der Waals surface area contributed by atoms with E-state index in [9.17, 15) is 10.2 Å². The summed E-state index contributed by atoms with van der Waals surface area (Å²) in [6.45, 7) is 1.93. The molecule has 0 rings (SSSR count). The van der Waals surface area contributed by atoms with E-state index in [-0.39, 0.29) is 6.61 Å². The summed E-state index contributed by atoms with van der Waals surface area (Å²) in [5, 5.41) is 28.1. The summed E-state index contributed by atoms with van der Waals surface area (Å²) in [6, 6.07) is -0.761. The molecule has 0 unspecified atom stereocenters. The number of hydrogen-bond acceptors (Lipinski definition) is 4. The zero-order valence-electron chi connectivity index (χ0n) is 14.3. The molecule has 5 N–H and O–H groups in total. The van der Waals surface area contributed by atoms with Gasteiger partial charge in [-0.3, -0.25) is 0 Å². The van der Waals surface area contributed by atoms with Gasteiger partial charge in [-0.2, -0.15) is 0 Å². The Morgan fingerprint density at radius 1 is 0.864 bits per heavy atom. The lowest BCUT2D eigenvalue weighted by molar-refractivity contribution is -0.0117. The van der Waals surface area contributed by atoms with Gasteiger partial charge in [-0.15, -0.1) is 0 Å². The summed E-state index contributed by atoms with van der Waals surface area (Å²) < 4.78 is 0. The fourth-order valence-corrected chi connectivity index (χ4v) is 2.46. The van der Waals surface area contributed by atoms with E-state index in [2.05, 4.69) is 19.1 Å². The Balaban J connectivity index is 3.40. The summed E-state index contributed by atoms with van der Waals surface area (Å²) in [5.74, 6) is 0. The highest BCUT2D eigenvalue weighted by Gasteiger charge is 2.21. The molecule has 0 bridgehead atoms. The second kappa shape index (κ2) is 15.5. The first-order chi connectivity index (χ1) is 10.6. The lowest BCUT2D eigenvalue weighted by atomic mass is 10.0. The number of aliphatic hydroxyl groups excluding tert-OH is 3. The summed E-state index contributed by atoms with van der Waals surface area (Å²) in [7, 11) is 0. The van der Waals surface area contributed by atoms with Crippen LogP contribution in [0.2, 0.25) is 0 Å². The SMILES string of the molecule is CCCCCCCCC/C=C/CCC[C@H](O)[C@@H](O)[C@@H](N)CO. The molecular weight excluding hydrogens is 278 g/mol. The third-order valence-corrected chi connectivity index (χ3v) is 4.06. The fourth-order valence-electron chi connectivity index (χ4n) is 2.46. The van der Waals surface area contributed by atoms with Gasteiger partial charge in [0.05, 0.1) is 24.9 Å². The van der Waals surface area contributed by atoms with Crippen molar-refractivity contribution in [1.29, 1.82) is 0 Å². The van der Waals surface area contributed by atoms with Gasteiger partial charge in [-0.1, -0.05) is 57.6 Å². The second-order valence-electron chi connectivity index (χ2n) is 6.22. The Bertz CT molecular complexity index is 259. The van der Waals surface area contributed by atoms with Crippen LogP contribution in [0, 0.1) is 0 Å². The van der Waals surface area contributed by atoms with Crippen molar-refractivity contribution in [1.82, 2.24) is 0 Å². The van der Waals surface area contributed by atoms with Gasteiger partial charge in [0.25, 0.3) is 0 Å². The van der Waals surface area contributed by atoms with Gasteiger partial charge >= 0.3 is 0 Å². The standard InChI is InChI=1S/C18H37NO3/c1-2-3-4-5-6-7-8-9-10-11-12-13-14-17(21)18(22)16(19)15-20/h10-11,16-18,20-22H,2-9,12-15,19H2,1H3/b11-10+/t16-,17-,18-/m0/s1. The van der Waals surface area contributed by atoms with E-state index in [4.69, 9.17) is 10.8 Å². The van der Waals surface area contributed by atoms with Crippen LogP contribution in [0.3, 0.4) is 0 Å². The molecule has 0 spiro atoms. The molecule has 0 aromatic rings. The largest absolute Gasteiger partial charge is 0.395 e. The highest BCUT2D eigenvalue weighted by Crippen LogP contribution is 2.10. The maximum Gasteiger partial charge on any atom is 0.0971 e. The van der Waals surface area contributed by atoms with Crippen LogP contribution in [-0.2, 0) is 0 Å². The first kappa shape index (κ1) is 21.6. The molecule has 0 aromatic heterocycles. The van der Waals surface area contributed by atoms with Crippen molar-refractivity contribution in [3.63, 3.8) is 0 Å². The van der Waals surface area contributed by atoms with E-state index < -0.39 is 18.2 Å². The average Bonchev–Trinajstić information content (AvgIpc) is 2.54. The zero-order chi connectivity index (χ0) is 16.6. The van der Waals surface area contributed by atoms with Gasteiger partial charge in [0, 0.05) is 0 Å². The third-order valence-electron chi connectivity index (χ3n) is 4.06. The van der Waals surface area contributed by atoms with Gasteiger partial charge in [0.15, 0.2) is 0 Å². The molecule has 0 saturated carbocycles. The number of allylic oxidation sites excluding steroid dienone is 2. The molecule has 132 valence electrons. The zero-order valence-corrected chi connectivity index (χ0v) is 14.3. The molecule has 4 nitrogen and oxygen atoms in total. The lowest BCUT2D eigenvalue weighted by Crippen LogP contribution is -2.45. The quantitative estimate of drug-likeness (QED) is 0.276. The first-order valence-corrected chi connectivity index (χ1v) is 9.01. The van der Waals surface area contributed by atoms with Crippen molar-refractivity contribution < 1.29 is 15.3 Å². The number of rotatable bonds is 15. The minimum atomic E-state index is -1.04. The highest BCUT2D eigenvalue weighted by atomic mass is 16.3. The van der Waals surface area contributed by atoms with Crippen LogP contribution in [0.5, 0.6) is 0 Å². The Morgan fingerprint density at radius 2 is 1.41 bits per heavy atom. The van der Waals surface area contributed by atoms with E-state index in [1.165, 1.54) is 44.9 Å². The van der Waals surface area contributed by atoms with Crippen LogP contribution in [0.25, 0.3) is 0 Å². The molecule has 0 fully saturated rings. The Labute approximate surface area is 136 Å². The van der Waals surface area contributed by atoms with Gasteiger partial charge in [0.1, 0.15) is 0 Å². The molecular formula is C18H37NO3. The predicted octanol–water partition coefficient (Wildman–Crippen LogP) is 2.90.